The minimum atomic E-state index is -0.335. The molecular formula is C23H26O4. The maximum atomic E-state index is 12.1. The van der Waals surface area contributed by atoms with Gasteiger partial charge in [-0.2, -0.15) is 0 Å². The summed E-state index contributed by atoms with van der Waals surface area (Å²) in [5.41, 5.74) is 2.96. The van der Waals surface area contributed by atoms with E-state index in [1.54, 1.807) is 37.3 Å². The van der Waals surface area contributed by atoms with Crippen molar-refractivity contribution >= 4 is 11.9 Å². The topological polar surface area (TPSA) is 52.6 Å². The van der Waals surface area contributed by atoms with Crippen molar-refractivity contribution < 1.29 is 19.1 Å². The molecule has 0 amide bonds. The van der Waals surface area contributed by atoms with E-state index in [2.05, 4.69) is 25.7 Å². The summed E-state index contributed by atoms with van der Waals surface area (Å²) in [5, 5.41) is 0. The Bertz CT molecular complexity index is 814. The Morgan fingerprint density at radius 1 is 1.19 bits per heavy atom. The maximum absolute atomic E-state index is 12.1. The first-order valence-electron chi connectivity index (χ1n) is 9.16. The highest BCUT2D eigenvalue weighted by Gasteiger charge is 2.31. The number of hydrogen-bond donors (Lipinski definition) is 0. The number of allylic oxidation sites excluding steroid dienone is 3. The summed E-state index contributed by atoms with van der Waals surface area (Å²) in [7, 11) is 1.41. The van der Waals surface area contributed by atoms with Crippen LogP contribution in [0.5, 0.6) is 0 Å². The normalized spacial score (nSPS) is 15.9. The predicted molar refractivity (Wildman–Crippen MR) is 105 cm³/mol. The Kier molecular flexibility index (Phi) is 7.01. The van der Waals surface area contributed by atoms with E-state index in [0.717, 1.165) is 36.0 Å². The molecule has 1 aliphatic rings. The Morgan fingerprint density at radius 3 is 2.52 bits per heavy atom. The molecule has 27 heavy (non-hydrogen) atoms. The van der Waals surface area contributed by atoms with Gasteiger partial charge in [-0.05, 0) is 73.6 Å². The van der Waals surface area contributed by atoms with Crippen LogP contribution in [0, 0.1) is 17.3 Å². The van der Waals surface area contributed by atoms with E-state index in [9.17, 15) is 9.59 Å². The zero-order valence-corrected chi connectivity index (χ0v) is 16.4. The van der Waals surface area contributed by atoms with Crippen molar-refractivity contribution in [3.05, 3.63) is 58.7 Å². The van der Waals surface area contributed by atoms with E-state index in [-0.39, 0.29) is 17.4 Å². The van der Waals surface area contributed by atoms with Gasteiger partial charge in [-0.25, -0.2) is 9.59 Å². The third-order valence-corrected chi connectivity index (χ3v) is 4.66. The molecule has 1 aliphatic carbocycles. The highest BCUT2D eigenvalue weighted by molar-refractivity contribution is 5.90. The number of carbonyl (C=O) groups is 2. The van der Waals surface area contributed by atoms with E-state index >= 15 is 0 Å². The minimum absolute atomic E-state index is 0.0821. The van der Waals surface area contributed by atoms with Crippen LogP contribution in [0.3, 0.4) is 0 Å². The summed E-state index contributed by atoms with van der Waals surface area (Å²) in [6.45, 7) is 6.40. The molecule has 0 aromatic heterocycles. The SMILES string of the molecule is CCOC(=O)c1ccc(C#C/C=C/C2=C(C(=O)OC)CCCC2(C)C)cc1. The summed E-state index contributed by atoms with van der Waals surface area (Å²) in [6, 6.07) is 6.98. The summed E-state index contributed by atoms with van der Waals surface area (Å²) >= 11 is 0. The molecule has 0 unspecified atom stereocenters. The zero-order valence-electron chi connectivity index (χ0n) is 16.4. The molecule has 1 aromatic rings. The van der Waals surface area contributed by atoms with Crippen molar-refractivity contribution in [3.8, 4) is 11.8 Å². The van der Waals surface area contributed by atoms with Gasteiger partial charge in [0, 0.05) is 11.1 Å². The monoisotopic (exact) mass is 366 g/mol. The second kappa shape index (κ2) is 9.23. The van der Waals surface area contributed by atoms with Gasteiger partial charge in [-0.1, -0.05) is 25.7 Å². The standard InChI is InChI=1S/C23H26O4/c1-5-27-21(24)18-14-12-17(13-15-18)9-6-7-11-20-19(22(25)26-4)10-8-16-23(20,2)3/h7,11-15H,5,8,10,16H2,1-4H3/b11-7+. The zero-order chi connectivity index (χ0) is 19.9. The molecule has 0 fully saturated rings. The third-order valence-electron chi connectivity index (χ3n) is 4.66. The van der Waals surface area contributed by atoms with Crippen molar-refractivity contribution in [1.29, 1.82) is 0 Å². The molecule has 4 heteroatoms. The van der Waals surface area contributed by atoms with Crippen LogP contribution in [0.4, 0.5) is 0 Å². The Morgan fingerprint density at radius 2 is 1.89 bits per heavy atom. The maximum Gasteiger partial charge on any atom is 0.338 e. The Labute approximate surface area is 161 Å². The van der Waals surface area contributed by atoms with Gasteiger partial charge in [0.1, 0.15) is 0 Å². The van der Waals surface area contributed by atoms with E-state index in [4.69, 9.17) is 9.47 Å². The third kappa shape index (κ3) is 5.34. The van der Waals surface area contributed by atoms with Gasteiger partial charge in [-0.3, -0.25) is 0 Å². The first-order chi connectivity index (χ1) is 12.9. The summed E-state index contributed by atoms with van der Waals surface area (Å²) in [4.78, 5) is 23.7. The molecule has 0 aliphatic heterocycles. The van der Waals surface area contributed by atoms with Crippen LogP contribution >= 0.6 is 0 Å². The number of methoxy groups -OCH3 is 1. The first-order valence-corrected chi connectivity index (χ1v) is 9.16. The molecule has 142 valence electrons. The Hall–Kier alpha value is -2.80. The van der Waals surface area contributed by atoms with Gasteiger partial charge in [0.05, 0.1) is 19.3 Å². The number of benzene rings is 1. The smallest absolute Gasteiger partial charge is 0.338 e. The molecule has 0 saturated carbocycles. The van der Waals surface area contributed by atoms with Gasteiger partial charge in [-0.15, -0.1) is 0 Å². The molecule has 0 saturated heterocycles. The summed E-state index contributed by atoms with van der Waals surface area (Å²) < 4.78 is 9.89. The Balaban J connectivity index is 2.17. The number of ether oxygens (including phenoxy) is 2. The molecule has 4 nitrogen and oxygen atoms in total. The van der Waals surface area contributed by atoms with Gasteiger partial charge >= 0.3 is 11.9 Å². The van der Waals surface area contributed by atoms with Crippen LogP contribution in [-0.4, -0.2) is 25.7 Å². The number of hydrogen-bond acceptors (Lipinski definition) is 4. The lowest BCUT2D eigenvalue weighted by Gasteiger charge is -2.32. The molecule has 0 radical (unpaired) electrons. The molecule has 2 rings (SSSR count). The quantitative estimate of drug-likeness (QED) is 0.583. The van der Waals surface area contributed by atoms with Crippen LogP contribution in [0.25, 0.3) is 0 Å². The van der Waals surface area contributed by atoms with E-state index in [1.165, 1.54) is 7.11 Å². The molecule has 0 N–H and O–H groups in total. The average molecular weight is 366 g/mol. The van der Waals surface area contributed by atoms with Gasteiger partial charge in [0.2, 0.25) is 0 Å². The molecule has 0 atom stereocenters. The van der Waals surface area contributed by atoms with Crippen LogP contribution in [0.15, 0.2) is 47.6 Å². The molecule has 0 spiro atoms. The molecule has 0 heterocycles. The van der Waals surface area contributed by atoms with Gasteiger partial charge < -0.3 is 9.47 Å². The fourth-order valence-electron chi connectivity index (χ4n) is 3.20. The predicted octanol–water partition coefficient (Wildman–Crippen LogP) is 4.45. The molecular weight excluding hydrogens is 340 g/mol. The van der Waals surface area contributed by atoms with Gasteiger partial charge in [0.15, 0.2) is 0 Å². The van der Waals surface area contributed by atoms with Crippen molar-refractivity contribution in [2.45, 2.75) is 40.0 Å². The second-order valence-corrected chi connectivity index (χ2v) is 7.02. The van der Waals surface area contributed by atoms with Crippen molar-refractivity contribution in [3.63, 3.8) is 0 Å². The van der Waals surface area contributed by atoms with Crippen molar-refractivity contribution in [1.82, 2.24) is 0 Å². The lowest BCUT2D eigenvalue weighted by atomic mass is 9.72. The van der Waals surface area contributed by atoms with E-state index < -0.39 is 0 Å². The van der Waals surface area contributed by atoms with Gasteiger partial charge in [0.25, 0.3) is 0 Å². The van der Waals surface area contributed by atoms with Crippen LogP contribution in [-0.2, 0) is 14.3 Å². The average Bonchev–Trinajstić information content (AvgIpc) is 2.65. The molecule has 0 bridgehead atoms. The second-order valence-electron chi connectivity index (χ2n) is 7.02. The lowest BCUT2D eigenvalue weighted by molar-refractivity contribution is -0.136. The fourth-order valence-corrected chi connectivity index (χ4v) is 3.20. The van der Waals surface area contributed by atoms with Crippen molar-refractivity contribution in [2.75, 3.05) is 13.7 Å². The highest BCUT2D eigenvalue weighted by atomic mass is 16.5. The van der Waals surface area contributed by atoms with Crippen LogP contribution < -0.4 is 0 Å². The van der Waals surface area contributed by atoms with Crippen LogP contribution in [0.2, 0.25) is 0 Å². The lowest BCUT2D eigenvalue weighted by Crippen LogP contribution is -2.23. The van der Waals surface area contributed by atoms with Crippen molar-refractivity contribution in [2.24, 2.45) is 5.41 Å². The number of carbonyl (C=O) groups excluding carboxylic acids is 2. The van der Waals surface area contributed by atoms with Crippen LogP contribution in [0.1, 0.15) is 56.0 Å². The minimum Gasteiger partial charge on any atom is -0.466 e. The number of esters is 2. The molecule has 1 aromatic carbocycles. The number of rotatable bonds is 4. The summed E-state index contributed by atoms with van der Waals surface area (Å²) in [6.07, 6.45) is 6.43. The van der Waals surface area contributed by atoms with E-state index in [0.29, 0.717) is 12.2 Å². The summed E-state index contributed by atoms with van der Waals surface area (Å²) in [5.74, 6) is 5.45. The largest absolute Gasteiger partial charge is 0.466 e. The van der Waals surface area contributed by atoms with E-state index in [1.807, 2.05) is 6.08 Å². The first kappa shape index (κ1) is 20.5. The highest BCUT2D eigenvalue weighted by Crippen LogP contribution is 2.41. The fraction of sp³-hybridized carbons (Fsp3) is 0.391.